The van der Waals surface area contributed by atoms with E-state index in [1.807, 2.05) is 102 Å². The summed E-state index contributed by atoms with van der Waals surface area (Å²) >= 11 is 0. The molecule has 142 heavy (non-hydrogen) atoms. The highest BCUT2D eigenvalue weighted by Crippen LogP contribution is 2.46. The molecule has 0 atom stereocenters. The zero-order valence-corrected chi connectivity index (χ0v) is 75.9. The Hall–Kier alpha value is -19.4. The Bertz CT molecular complexity index is 10800. The second-order valence-electron chi connectivity index (χ2n) is 35.6. The molecule has 0 amide bonds. The number of rotatable bonds is 11. The first-order valence-corrected chi connectivity index (χ1v) is 47.1. The molecule has 0 bridgehead atoms. The molecule has 29 aromatic rings. The van der Waals surface area contributed by atoms with Crippen LogP contribution in [0.25, 0.3) is 265 Å². The predicted octanol–water partition coefficient (Wildman–Crippen LogP) is 33.4. The number of nitrogens with zero attached hydrogens (tertiary/aromatic N) is 11. The summed E-state index contributed by atoms with van der Waals surface area (Å²) in [7, 11) is 0. The molecule has 660 valence electrons. The van der Waals surface area contributed by atoms with E-state index in [1.54, 1.807) is 18.2 Å². The Labute approximate surface area is 829 Å². The molecule has 22 aromatic carbocycles. The number of hydrogen-bond acceptors (Lipinski definition) is 7. The smallest absolute Gasteiger partial charge is 0.162 e. The lowest BCUT2D eigenvalue weighted by atomic mass is 9.91. The van der Waals surface area contributed by atoms with Crippen LogP contribution in [0.1, 0.15) is 19.3 Å². The molecule has 0 radical (unpaired) electrons. The van der Waals surface area contributed by atoms with E-state index in [4.69, 9.17) is 43.6 Å². The lowest BCUT2D eigenvalue weighted by Gasteiger charge is -2.17. The van der Waals surface area contributed by atoms with E-state index < -0.39 is 48.3 Å². The molecule has 0 N–H and O–H groups in total. The summed E-state index contributed by atoms with van der Waals surface area (Å²) in [5, 5.41) is 30.0. The number of hydrogen-bond donors (Lipinski definition) is 0. The van der Waals surface area contributed by atoms with Crippen LogP contribution in [0.15, 0.2) is 491 Å². The van der Waals surface area contributed by atoms with Gasteiger partial charge in [-0.1, -0.05) is 346 Å². The molecule has 11 nitrogen and oxygen atoms in total. The lowest BCUT2D eigenvalue weighted by molar-refractivity contribution is 1.08. The number of fused-ring (bicyclic) bond motifs is 19. The summed E-state index contributed by atoms with van der Waals surface area (Å²) in [6.07, 6.45) is 0. The number of para-hydroxylation sites is 5. The summed E-state index contributed by atoms with van der Waals surface area (Å²) in [6, 6.07) is 147. The average Bonchev–Trinajstić information content (AvgIpc) is 1.57. The van der Waals surface area contributed by atoms with Gasteiger partial charge in [0.2, 0.25) is 0 Å². The number of benzene rings is 22. The topological polar surface area (TPSA) is 121 Å². The maximum absolute atomic E-state index is 9.42. The van der Waals surface area contributed by atoms with E-state index in [1.165, 1.54) is 59.2 Å². The zero-order valence-electron chi connectivity index (χ0n) is 85.9. The quantitative estimate of drug-likeness (QED) is 0.126. The lowest BCUT2D eigenvalue weighted by Crippen LogP contribution is -2.03. The summed E-state index contributed by atoms with van der Waals surface area (Å²) in [6.45, 7) is 0. The fraction of sp³-hybridized carbons (Fsp3) is 0. The van der Waals surface area contributed by atoms with Crippen LogP contribution in [0.4, 0.5) is 0 Å². The number of nitriles is 1. The molecule has 7 aromatic heterocycles. The molecule has 29 rings (SSSR count). The molecule has 0 aliphatic heterocycles. The minimum Gasteiger partial charge on any atom is -0.309 e. The van der Waals surface area contributed by atoms with Crippen LogP contribution in [0.3, 0.4) is 0 Å². The highest BCUT2D eigenvalue weighted by Gasteiger charge is 2.27. The maximum Gasteiger partial charge on any atom is 0.162 e. The van der Waals surface area contributed by atoms with Crippen LogP contribution < -0.4 is 0 Å². The van der Waals surface area contributed by atoms with Gasteiger partial charge < -0.3 is 4.57 Å². The first-order valence-electron chi connectivity index (χ1n) is 52.1. The Morgan fingerprint density at radius 1 is 0.190 bits per heavy atom. The van der Waals surface area contributed by atoms with Gasteiger partial charge in [0.15, 0.2) is 17.5 Å². The van der Waals surface area contributed by atoms with E-state index in [0.29, 0.717) is 39.5 Å². The van der Waals surface area contributed by atoms with Crippen molar-refractivity contribution in [3.63, 3.8) is 0 Å². The molecule has 0 aliphatic carbocycles. The highest BCUT2D eigenvalue weighted by atomic mass is 15.1. The Morgan fingerprint density at radius 3 is 1.08 bits per heavy atom. The van der Waals surface area contributed by atoms with Gasteiger partial charge in [0.1, 0.15) is 17.5 Å². The molecule has 7 heterocycles. The van der Waals surface area contributed by atoms with Gasteiger partial charge in [0.25, 0.3) is 0 Å². The SMILES string of the molecule is N#Cc1ccc(-c2ccc3c(-n4c5ccccc5c5cc6ccccc6cc54)nc(-c4ccc5c(c4)c4ccccc4n5-c4ccccc4)nc3c2)cc1.[2H]c1c([2H])c([2H])c(-c2ccc3nc(-c4c([2H])c([2H])c([2H])c([2H])c4[2H])nc(-n4c5ccccc5c5cc6ccccc6cc54)c3c2)c([2H])c1[2H].c1ccc(-c2nc(-n3c4ccccc4c4cc5ccccc5cc43)c3cc(-c4ccc5ccccc5c4)c(-c4ccccc4)cc3n2)cc1. The van der Waals surface area contributed by atoms with Gasteiger partial charge in [-0.05, 0) is 233 Å². The average molecular weight is 1820 g/mol. The standard InChI is InChI=1S/C49H29N5.C46H29N3.C36H23N3/c50-30-31-18-20-32(21-19-31)35-22-24-40-43(28-35)51-48(36-23-25-46-41(27-36)38-14-6-8-16-44(38)53(46)37-12-2-1-3-13-37)52-49(40)54-45-17-9-7-15-39(45)42-26-33-10-4-5-11-34(33)29-47(42)54;1-3-14-31(15-4-1)39-29-42-41(28-38(39)36-24-23-30-13-7-8-18-33(30)25-36)46(48-45(47-42)32-16-5-2-6-17-32)49-43-22-12-11-21-37(43)40-26-34-19-9-10-20-35(34)27-44(40)49;1-3-11-24(12-4-1)28-19-20-32-31(22-28)36(38-35(37-32)25-13-5-2-6-14-25)39-33-18-10-9-17-29(33)30-21-26-15-7-8-16-27(26)23-34(30)39/h1-29H;1-29H;1-23H/i;;1D,2D,3D,4D,5D,6D,11D,12D,13D,14D. The van der Waals surface area contributed by atoms with Gasteiger partial charge in [-0.2, -0.15) is 5.26 Å². The third-order valence-electron chi connectivity index (χ3n) is 27.4. The van der Waals surface area contributed by atoms with Gasteiger partial charge in [0, 0.05) is 81.6 Å². The van der Waals surface area contributed by atoms with Crippen molar-refractivity contribution >= 4 is 163 Å². The molecule has 11 heteroatoms. The van der Waals surface area contributed by atoms with Gasteiger partial charge >= 0.3 is 0 Å². The van der Waals surface area contributed by atoms with Crippen molar-refractivity contribution in [2.45, 2.75) is 0 Å². The molecular weight excluding hydrogens is 1730 g/mol. The molecule has 0 aliphatic rings. The first kappa shape index (κ1) is 72.1. The fourth-order valence-corrected chi connectivity index (χ4v) is 20.8. The minimum atomic E-state index is -0.530. The molecule has 0 unspecified atom stereocenters. The van der Waals surface area contributed by atoms with Crippen molar-refractivity contribution < 1.29 is 13.7 Å². The van der Waals surface area contributed by atoms with Crippen molar-refractivity contribution in [1.29, 1.82) is 5.26 Å². The highest BCUT2D eigenvalue weighted by molar-refractivity contribution is 6.19. The van der Waals surface area contributed by atoms with Crippen LogP contribution in [0.5, 0.6) is 0 Å². The van der Waals surface area contributed by atoms with E-state index in [2.05, 4.69) is 335 Å². The van der Waals surface area contributed by atoms with E-state index in [-0.39, 0.29) is 29.0 Å². The predicted molar refractivity (Wildman–Crippen MR) is 589 cm³/mol. The van der Waals surface area contributed by atoms with Crippen LogP contribution in [-0.2, 0) is 0 Å². The zero-order chi connectivity index (χ0) is 103. The van der Waals surface area contributed by atoms with Crippen LogP contribution >= 0.6 is 0 Å². The van der Waals surface area contributed by atoms with E-state index in [0.717, 1.165) is 155 Å². The van der Waals surface area contributed by atoms with Crippen molar-refractivity contribution in [3.05, 3.63) is 497 Å². The van der Waals surface area contributed by atoms with Gasteiger partial charge in [0.05, 0.1) is 86.0 Å². The molecule has 0 fully saturated rings. The molecule has 0 spiro atoms. The van der Waals surface area contributed by atoms with Gasteiger partial charge in [-0.15, -0.1) is 0 Å². The van der Waals surface area contributed by atoms with Crippen molar-refractivity contribution in [2.75, 3.05) is 0 Å². The summed E-state index contributed by atoms with van der Waals surface area (Å²) in [5.74, 6) is 3.29. The third-order valence-corrected chi connectivity index (χ3v) is 27.4. The largest absolute Gasteiger partial charge is 0.309 e. The van der Waals surface area contributed by atoms with Gasteiger partial charge in [-0.25, -0.2) is 29.9 Å². The molecule has 0 saturated heterocycles. The summed E-state index contributed by atoms with van der Waals surface area (Å²) < 4.78 is 92.8. The van der Waals surface area contributed by atoms with Crippen LogP contribution in [-0.4, -0.2) is 48.2 Å². The molecule has 0 saturated carbocycles. The van der Waals surface area contributed by atoms with E-state index in [9.17, 15) is 5.26 Å². The molecular formula is C131H81N11. The van der Waals surface area contributed by atoms with Crippen LogP contribution in [0.2, 0.25) is 0 Å². The van der Waals surface area contributed by atoms with Gasteiger partial charge in [-0.3, -0.25) is 13.7 Å². The Morgan fingerprint density at radius 2 is 0.549 bits per heavy atom. The second-order valence-corrected chi connectivity index (χ2v) is 35.6. The normalized spacial score (nSPS) is 12.6. The summed E-state index contributed by atoms with van der Waals surface area (Å²) in [5.41, 5.74) is 20.9. The number of aromatic nitrogens is 10. The fourth-order valence-electron chi connectivity index (χ4n) is 20.8. The van der Waals surface area contributed by atoms with E-state index >= 15 is 0 Å². The van der Waals surface area contributed by atoms with Crippen molar-refractivity contribution in [2.24, 2.45) is 0 Å². The monoisotopic (exact) mass is 1820 g/mol. The second kappa shape index (κ2) is 34.1. The third kappa shape index (κ3) is 14.2. The van der Waals surface area contributed by atoms with Crippen molar-refractivity contribution in [1.82, 2.24) is 48.2 Å². The van der Waals surface area contributed by atoms with Crippen LogP contribution in [0, 0.1) is 11.3 Å². The summed E-state index contributed by atoms with van der Waals surface area (Å²) in [4.78, 5) is 31.1. The maximum atomic E-state index is 9.42. The van der Waals surface area contributed by atoms with Crippen molar-refractivity contribution in [3.8, 4) is 108 Å². The minimum absolute atomic E-state index is 0.0155. The Balaban J connectivity index is 0.000000112. The Kier molecular flexibility index (Phi) is 17.3. The first-order chi connectivity index (χ1) is 74.5.